The lowest BCUT2D eigenvalue weighted by molar-refractivity contribution is 0.0743. The average Bonchev–Trinajstić information content (AvgIpc) is 2.61. The molecule has 0 unspecified atom stereocenters. The molecule has 1 aromatic carbocycles. The van der Waals surface area contributed by atoms with Crippen molar-refractivity contribution in [3.63, 3.8) is 0 Å². The number of nitrogens with zero attached hydrogens (tertiary/aromatic N) is 4. The van der Waals surface area contributed by atoms with Gasteiger partial charge in [0.2, 0.25) is 0 Å². The van der Waals surface area contributed by atoms with Crippen LogP contribution in [0.4, 0.5) is 5.82 Å². The zero-order valence-electron chi connectivity index (χ0n) is 13.4. The predicted octanol–water partition coefficient (Wildman–Crippen LogP) is 1.93. The third-order valence-electron chi connectivity index (χ3n) is 4.16. The van der Waals surface area contributed by atoms with E-state index < -0.39 is 0 Å². The Morgan fingerprint density at radius 3 is 2.67 bits per heavy atom. The monoisotopic (exact) mass is 322 g/mol. The lowest BCUT2D eigenvalue weighted by atomic mass is 10.1. The number of carbonyl (C=O) groups is 1. The molecule has 0 saturated carbocycles. The quantitative estimate of drug-likeness (QED) is 0.914. The molecule has 1 N–H and O–H groups in total. The van der Waals surface area contributed by atoms with Crippen molar-refractivity contribution in [3.05, 3.63) is 53.2 Å². The Balaban J connectivity index is 1.71. The van der Waals surface area contributed by atoms with Crippen molar-refractivity contribution in [2.24, 2.45) is 0 Å². The maximum Gasteiger partial charge on any atom is 0.257 e. The first kappa shape index (κ1) is 15.8. The van der Waals surface area contributed by atoms with Crippen LogP contribution in [-0.4, -0.2) is 47.1 Å². The topological polar surface area (TPSA) is 80.5 Å². The van der Waals surface area contributed by atoms with E-state index in [2.05, 4.69) is 11.1 Å². The third-order valence-corrected chi connectivity index (χ3v) is 4.16. The second kappa shape index (κ2) is 6.59. The van der Waals surface area contributed by atoms with Crippen molar-refractivity contribution in [2.45, 2.75) is 6.92 Å². The molecule has 6 heteroatoms. The number of phenolic OH excluding ortho intramolecular Hbond substituents is 1. The molecule has 0 aliphatic carbocycles. The van der Waals surface area contributed by atoms with Gasteiger partial charge in [0.1, 0.15) is 17.6 Å². The van der Waals surface area contributed by atoms with Gasteiger partial charge < -0.3 is 14.9 Å². The summed E-state index contributed by atoms with van der Waals surface area (Å²) in [7, 11) is 0. The maximum absolute atomic E-state index is 12.6. The summed E-state index contributed by atoms with van der Waals surface area (Å²) < 4.78 is 0. The molecule has 6 nitrogen and oxygen atoms in total. The second-order valence-corrected chi connectivity index (χ2v) is 5.79. The molecule has 0 spiro atoms. The molecule has 2 aromatic rings. The molecule has 1 aromatic heterocycles. The first-order chi connectivity index (χ1) is 11.6. The first-order valence-corrected chi connectivity index (χ1v) is 7.79. The molecular weight excluding hydrogens is 304 g/mol. The van der Waals surface area contributed by atoms with E-state index in [1.54, 1.807) is 35.4 Å². The second-order valence-electron chi connectivity index (χ2n) is 5.79. The highest BCUT2D eigenvalue weighted by Crippen LogP contribution is 2.22. The first-order valence-electron chi connectivity index (χ1n) is 7.79. The van der Waals surface area contributed by atoms with Gasteiger partial charge in [0, 0.05) is 32.4 Å². The Bertz CT molecular complexity index is 805. The van der Waals surface area contributed by atoms with Crippen molar-refractivity contribution in [1.82, 2.24) is 9.88 Å². The van der Waals surface area contributed by atoms with Gasteiger partial charge in [0.05, 0.1) is 11.1 Å². The highest BCUT2D eigenvalue weighted by Gasteiger charge is 2.25. The standard InChI is InChI=1S/C18H18N4O2/c1-13-4-5-15(16(23)11-13)18(24)22-9-7-21(8-10-22)17-14(12-19)3-2-6-20-17/h2-6,11,23H,7-10H2,1H3. The molecule has 0 bridgehead atoms. The number of hydrogen-bond acceptors (Lipinski definition) is 5. The van der Waals surface area contributed by atoms with Gasteiger partial charge in [-0.15, -0.1) is 0 Å². The van der Waals surface area contributed by atoms with Crippen LogP contribution in [-0.2, 0) is 0 Å². The zero-order valence-corrected chi connectivity index (χ0v) is 13.4. The fourth-order valence-corrected chi connectivity index (χ4v) is 2.85. The number of pyridine rings is 1. The fraction of sp³-hybridized carbons (Fsp3) is 0.278. The Morgan fingerprint density at radius 2 is 2.00 bits per heavy atom. The van der Waals surface area contributed by atoms with Gasteiger partial charge in [0.25, 0.3) is 5.91 Å². The zero-order chi connectivity index (χ0) is 17.1. The largest absolute Gasteiger partial charge is 0.507 e. The number of rotatable bonds is 2. The van der Waals surface area contributed by atoms with Crippen molar-refractivity contribution in [3.8, 4) is 11.8 Å². The molecule has 1 aliphatic heterocycles. The normalized spacial score (nSPS) is 14.3. The molecule has 0 radical (unpaired) electrons. The van der Waals surface area contributed by atoms with Gasteiger partial charge in [-0.1, -0.05) is 6.07 Å². The summed E-state index contributed by atoms with van der Waals surface area (Å²) >= 11 is 0. The number of hydrogen-bond donors (Lipinski definition) is 1. The smallest absolute Gasteiger partial charge is 0.257 e. The number of aromatic hydroxyl groups is 1. The number of piperazine rings is 1. The molecule has 1 aliphatic rings. The Labute approximate surface area is 140 Å². The third kappa shape index (κ3) is 3.01. The number of anilines is 1. The van der Waals surface area contributed by atoms with E-state index in [1.165, 1.54) is 0 Å². The summed E-state index contributed by atoms with van der Waals surface area (Å²) in [6.07, 6.45) is 1.66. The molecule has 24 heavy (non-hydrogen) atoms. The van der Waals surface area contributed by atoms with Crippen molar-refractivity contribution < 1.29 is 9.90 Å². The average molecular weight is 322 g/mol. The van der Waals surface area contributed by atoms with Crippen LogP contribution >= 0.6 is 0 Å². The van der Waals surface area contributed by atoms with Crippen molar-refractivity contribution in [1.29, 1.82) is 5.26 Å². The maximum atomic E-state index is 12.6. The predicted molar refractivity (Wildman–Crippen MR) is 89.9 cm³/mol. The van der Waals surface area contributed by atoms with Crippen LogP contribution in [0.3, 0.4) is 0 Å². The van der Waals surface area contributed by atoms with E-state index in [4.69, 9.17) is 0 Å². The number of carbonyl (C=O) groups excluding carboxylic acids is 1. The Hall–Kier alpha value is -3.07. The number of nitriles is 1. The van der Waals surface area contributed by atoms with Crippen LogP contribution in [0.25, 0.3) is 0 Å². The fourth-order valence-electron chi connectivity index (χ4n) is 2.85. The summed E-state index contributed by atoms with van der Waals surface area (Å²) in [4.78, 5) is 20.6. The van der Waals surface area contributed by atoms with Gasteiger partial charge in [-0.25, -0.2) is 4.98 Å². The van der Waals surface area contributed by atoms with E-state index in [-0.39, 0.29) is 11.7 Å². The number of phenols is 1. The molecular formula is C18H18N4O2. The molecule has 1 amide bonds. The van der Waals surface area contributed by atoms with Gasteiger partial charge in [-0.05, 0) is 36.8 Å². The van der Waals surface area contributed by atoms with Crippen LogP contribution in [0.1, 0.15) is 21.5 Å². The summed E-state index contributed by atoms with van der Waals surface area (Å²) in [5.74, 6) is 0.498. The lowest BCUT2D eigenvalue weighted by Crippen LogP contribution is -2.49. The molecule has 0 atom stereocenters. The van der Waals surface area contributed by atoms with E-state index in [0.29, 0.717) is 43.1 Å². The molecule has 1 saturated heterocycles. The van der Waals surface area contributed by atoms with Crippen molar-refractivity contribution in [2.75, 3.05) is 31.1 Å². The molecule has 122 valence electrons. The van der Waals surface area contributed by atoms with E-state index >= 15 is 0 Å². The molecule has 3 rings (SSSR count). The summed E-state index contributed by atoms with van der Waals surface area (Å²) in [5.41, 5.74) is 1.77. The van der Waals surface area contributed by atoms with Crippen LogP contribution in [0.2, 0.25) is 0 Å². The van der Waals surface area contributed by atoms with Gasteiger partial charge >= 0.3 is 0 Å². The summed E-state index contributed by atoms with van der Waals surface area (Å²) in [6.45, 7) is 4.11. The van der Waals surface area contributed by atoms with E-state index in [9.17, 15) is 15.2 Å². The van der Waals surface area contributed by atoms with Crippen LogP contribution in [0.15, 0.2) is 36.5 Å². The minimum absolute atomic E-state index is 0.0129. The number of aryl methyl sites for hydroxylation is 1. The lowest BCUT2D eigenvalue weighted by Gasteiger charge is -2.35. The van der Waals surface area contributed by atoms with Gasteiger partial charge in [-0.3, -0.25) is 4.79 Å². The summed E-state index contributed by atoms with van der Waals surface area (Å²) in [5, 5.41) is 19.2. The SMILES string of the molecule is Cc1ccc(C(=O)N2CCN(c3ncccc3C#N)CC2)c(O)c1. The number of benzene rings is 1. The van der Waals surface area contributed by atoms with Crippen molar-refractivity contribution >= 4 is 11.7 Å². The minimum atomic E-state index is -0.173. The van der Waals surface area contributed by atoms with Gasteiger partial charge in [-0.2, -0.15) is 5.26 Å². The molecule has 1 fully saturated rings. The van der Waals surface area contributed by atoms with Gasteiger partial charge in [0.15, 0.2) is 0 Å². The highest BCUT2D eigenvalue weighted by molar-refractivity contribution is 5.97. The number of amides is 1. The Morgan fingerprint density at radius 1 is 1.25 bits per heavy atom. The highest BCUT2D eigenvalue weighted by atomic mass is 16.3. The van der Waals surface area contributed by atoms with Crippen LogP contribution in [0.5, 0.6) is 5.75 Å². The van der Waals surface area contributed by atoms with Crippen LogP contribution in [0, 0.1) is 18.3 Å². The Kier molecular flexibility index (Phi) is 4.34. The summed E-state index contributed by atoms with van der Waals surface area (Å²) in [6, 6.07) is 10.7. The minimum Gasteiger partial charge on any atom is -0.507 e. The van der Waals surface area contributed by atoms with Crippen LogP contribution < -0.4 is 4.90 Å². The van der Waals surface area contributed by atoms with E-state index in [0.717, 1.165) is 5.56 Å². The molecule has 2 heterocycles. The number of aromatic nitrogens is 1. The van der Waals surface area contributed by atoms with E-state index in [1.807, 2.05) is 17.9 Å².